The highest BCUT2D eigenvalue weighted by molar-refractivity contribution is 7.89. The van der Waals surface area contributed by atoms with E-state index in [1.165, 1.54) is 0 Å². The molecule has 0 spiro atoms. The number of hydrogen-bond donors (Lipinski definition) is 0. The van der Waals surface area contributed by atoms with Gasteiger partial charge in [-0.05, 0) is 25.8 Å². The van der Waals surface area contributed by atoms with Crippen LogP contribution in [0.5, 0.6) is 0 Å². The first kappa shape index (κ1) is 17.1. The van der Waals surface area contributed by atoms with Crippen LogP contribution in [0.25, 0.3) is 0 Å². The van der Waals surface area contributed by atoms with Crippen LogP contribution in [-0.2, 0) is 10.0 Å². The molecule has 22 heavy (non-hydrogen) atoms. The number of rotatable bonds is 6. The van der Waals surface area contributed by atoms with Crippen molar-refractivity contribution in [1.29, 1.82) is 0 Å². The third kappa shape index (κ3) is 4.16. The lowest BCUT2D eigenvalue weighted by molar-refractivity contribution is 0.381. The van der Waals surface area contributed by atoms with Crippen molar-refractivity contribution in [3.05, 3.63) is 17.5 Å². The Balaban J connectivity index is 1.93. The van der Waals surface area contributed by atoms with E-state index in [1.54, 1.807) is 4.31 Å². The van der Waals surface area contributed by atoms with Crippen molar-refractivity contribution in [2.24, 2.45) is 0 Å². The molecule has 0 amide bonds. The van der Waals surface area contributed by atoms with Gasteiger partial charge in [0.15, 0.2) is 0 Å². The molecule has 1 aromatic heterocycles. The van der Waals surface area contributed by atoms with Crippen LogP contribution in [0.4, 0.5) is 5.95 Å². The van der Waals surface area contributed by atoms with Gasteiger partial charge < -0.3 is 4.90 Å². The Morgan fingerprint density at radius 3 is 2.41 bits per heavy atom. The molecule has 124 valence electrons. The highest BCUT2D eigenvalue weighted by Gasteiger charge is 2.27. The number of nitrogens with zero attached hydrogens (tertiary/aromatic N) is 4. The number of sulfonamides is 1. The molecule has 0 saturated carbocycles. The van der Waals surface area contributed by atoms with Crippen LogP contribution in [0.2, 0.25) is 0 Å². The average molecular weight is 326 g/mol. The number of aryl methyl sites for hydroxylation is 2. The van der Waals surface area contributed by atoms with Gasteiger partial charge in [0.25, 0.3) is 0 Å². The van der Waals surface area contributed by atoms with E-state index in [0.29, 0.717) is 32.1 Å². The Labute approximate surface area is 133 Å². The summed E-state index contributed by atoms with van der Waals surface area (Å²) in [6.07, 6.45) is 4.58. The summed E-state index contributed by atoms with van der Waals surface area (Å²) in [7, 11) is -3.11. The molecule has 1 aromatic rings. The summed E-state index contributed by atoms with van der Waals surface area (Å²) in [6.45, 7) is 8.37. The predicted octanol–water partition coefficient (Wildman–Crippen LogP) is 1.74. The van der Waals surface area contributed by atoms with Crippen molar-refractivity contribution in [3.63, 3.8) is 0 Å². The van der Waals surface area contributed by atoms with Gasteiger partial charge >= 0.3 is 0 Å². The lowest BCUT2D eigenvalue weighted by atomic mass is 10.3. The summed E-state index contributed by atoms with van der Waals surface area (Å²) < 4.78 is 26.2. The van der Waals surface area contributed by atoms with Crippen LogP contribution < -0.4 is 4.90 Å². The van der Waals surface area contributed by atoms with Crippen LogP contribution in [0, 0.1) is 13.8 Å². The van der Waals surface area contributed by atoms with Gasteiger partial charge in [-0.25, -0.2) is 18.4 Å². The van der Waals surface area contributed by atoms with Gasteiger partial charge in [0, 0.05) is 38.1 Å². The highest BCUT2D eigenvalue weighted by Crippen LogP contribution is 2.15. The van der Waals surface area contributed by atoms with Gasteiger partial charge in [-0.15, -0.1) is 0 Å². The Kier molecular flexibility index (Phi) is 5.74. The maximum atomic E-state index is 12.3. The molecule has 0 aromatic carbocycles. The molecular weight excluding hydrogens is 300 g/mol. The summed E-state index contributed by atoms with van der Waals surface area (Å²) in [6, 6.07) is 0. The van der Waals surface area contributed by atoms with Crippen molar-refractivity contribution in [2.75, 3.05) is 36.8 Å². The van der Waals surface area contributed by atoms with Crippen LogP contribution in [0.3, 0.4) is 0 Å². The molecule has 1 saturated heterocycles. The molecule has 1 aliphatic heterocycles. The minimum atomic E-state index is -3.11. The number of aromatic nitrogens is 2. The van der Waals surface area contributed by atoms with E-state index in [1.807, 2.05) is 20.0 Å². The molecule has 1 aliphatic rings. The summed E-state index contributed by atoms with van der Waals surface area (Å²) in [5, 5.41) is 0. The molecule has 1 fully saturated rings. The third-order valence-electron chi connectivity index (χ3n) is 4.13. The first-order valence-electron chi connectivity index (χ1n) is 7.97. The molecule has 2 heterocycles. The minimum absolute atomic E-state index is 0.265. The van der Waals surface area contributed by atoms with Crippen molar-refractivity contribution in [2.45, 2.75) is 40.0 Å². The van der Waals surface area contributed by atoms with Gasteiger partial charge in [0.05, 0.1) is 5.75 Å². The molecule has 0 bridgehead atoms. The van der Waals surface area contributed by atoms with E-state index in [-0.39, 0.29) is 5.75 Å². The number of unbranched alkanes of at least 4 members (excludes halogenated alkanes) is 2. The summed E-state index contributed by atoms with van der Waals surface area (Å²) in [4.78, 5) is 10.9. The second-order valence-electron chi connectivity index (χ2n) is 5.85. The summed E-state index contributed by atoms with van der Waals surface area (Å²) in [5.74, 6) is 0.965. The molecule has 0 unspecified atom stereocenters. The van der Waals surface area contributed by atoms with Crippen LogP contribution in [0.1, 0.15) is 37.4 Å². The van der Waals surface area contributed by atoms with E-state index in [4.69, 9.17) is 0 Å². The van der Waals surface area contributed by atoms with Gasteiger partial charge in [-0.1, -0.05) is 19.8 Å². The number of piperazine rings is 1. The van der Waals surface area contributed by atoms with Gasteiger partial charge in [0.1, 0.15) is 0 Å². The Bertz CT molecular complexity index is 596. The first-order chi connectivity index (χ1) is 10.4. The van der Waals surface area contributed by atoms with Gasteiger partial charge in [0.2, 0.25) is 16.0 Å². The predicted molar refractivity (Wildman–Crippen MR) is 88.6 cm³/mol. The Morgan fingerprint density at radius 1 is 1.14 bits per heavy atom. The lowest BCUT2D eigenvalue weighted by Crippen LogP contribution is -2.49. The maximum absolute atomic E-state index is 12.3. The van der Waals surface area contributed by atoms with Crippen LogP contribution >= 0.6 is 0 Å². The fourth-order valence-electron chi connectivity index (χ4n) is 2.50. The molecule has 0 radical (unpaired) electrons. The second kappa shape index (κ2) is 7.37. The van der Waals surface area contributed by atoms with Gasteiger partial charge in [-0.2, -0.15) is 4.31 Å². The standard InChI is InChI=1S/C15H26N4O2S/c1-4-5-6-11-22(20,21)19-9-7-18(8-10-19)15-16-12-13(2)14(3)17-15/h12H,4-11H2,1-3H3. The third-order valence-corrected chi connectivity index (χ3v) is 6.09. The lowest BCUT2D eigenvalue weighted by Gasteiger charge is -2.34. The largest absolute Gasteiger partial charge is 0.338 e. The first-order valence-corrected chi connectivity index (χ1v) is 9.58. The monoisotopic (exact) mass is 326 g/mol. The van der Waals surface area contributed by atoms with E-state index < -0.39 is 10.0 Å². The second-order valence-corrected chi connectivity index (χ2v) is 7.94. The van der Waals surface area contributed by atoms with E-state index in [9.17, 15) is 8.42 Å². The molecule has 0 aliphatic carbocycles. The van der Waals surface area contributed by atoms with Gasteiger partial charge in [-0.3, -0.25) is 0 Å². The fraction of sp³-hybridized carbons (Fsp3) is 0.733. The fourth-order valence-corrected chi connectivity index (χ4v) is 4.04. The molecule has 0 atom stereocenters. The topological polar surface area (TPSA) is 66.4 Å². The van der Waals surface area contributed by atoms with E-state index >= 15 is 0 Å². The minimum Gasteiger partial charge on any atom is -0.338 e. The van der Waals surface area contributed by atoms with Crippen molar-refractivity contribution in [3.8, 4) is 0 Å². The molecular formula is C15H26N4O2S. The van der Waals surface area contributed by atoms with E-state index in [2.05, 4.69) is 21.8 Å². The number of anilines is 1. The Hall–Kier alpha value is -1.21. The SMILES string of the molecule is CCCCCS(=O)(=O)N1CCN(c2ncc(C)c(C)n2)CC1. The Morgan fingerprint density at radius 2 is 1.82 bits per heavy atom. The van der Waals surface area contributed by atoms with Crippen molar-refractivity contribution < 1.29 is 8.42 Å². The molecule has 6 nitrogen and oxygen atoms in total. The normalized spacial score (nSPS) is 17.0. The average Bonchev–Trinajstić information content (AvgIpc) is 2.50. The zero-order valence-corrected chi connectivity index (χ0v) is 14.6. The zero-order chi connectivity index (χ0) is 16.2. The molecule has 2 rings (SSSR count). The van der Waals surface area contributed by atoms with Crippen LogP contribution in [-0.4, -0.2) is 54.6 Å². The molecule has 7 heteroatoms. The molecule has 0 N–H and O–H groups in total. The quantitative estimate of drug-likeness (QED) is 0.745. The van der Waals surface area contributed by atoms with E-state index in [0.717, 1.165) is 30.5 Å². The maximum Gasteiger partial charge on any atom is 0.225 e. The number of hydrogen-bond acceptors (Lipinski definition) is 5. The smallest absolute Gasteiger partial charge is 0.225 e. The van der Waals surface area contributed by atoms with Crippen molar-refractivity contribution >= 4 is 16.0 Å². The summed E-state index contributed by atoms with van der Waals surface area (Å²) in [5.41, 5.74) is 2.04. The zero-order valence-electron chi connectivity index (χ0n) is 13.7. The van der Waals surface area contributed by atoms with Crippen LogP contribution in [0.15, 0.2) is 6.20 Å². The highest BCUT2D eigenvalue weighted by atomic mass is 32.2. The summed E-state index contributed by atoms with van der Waals surface area (Å²) >= 11 is 0. The van der Waals surface area contributed by atoms with Crippen molar-refractivity contribution in [1.82, 2.24) is 14.3 Å².